The van der Waals surface area contributed by atoms with Crippen LogP contribution in [0, 0.1) is 5.92 Å². The normalized spacial score (nSPS) is 27.4. The average Bonchev–Trinajstić information content (AvgIpc) is 2.73. The van der Waals surface area contributed by atoms with Gasteiger partial charge in [-0.2, -0.15) is 13.2 Å². The van der Waals surface area contributed by atoms with Gasteiger partial charge in [0.25, 0.3) is 0 Å². The number of hydrogen-bond acceptors (Lipinski definition) is 6. The SMILES string of the molecule is O=C(CSC1=NC(C(F)(F)F)CC=N1)NC[C@H]1CN(CC2C=C(Cl)C(Cl)=CC2)CCO1. The first-order chi connectivity index (χ1) is 14.7. The Bertz CT molecular complexity index is 789. The number of nitrogens with one attached hydrogen (secondary N) is 1. The number of carbonyl (C=O) groups is 1. The molecule has 1 amide bonds. The summed E-state index contributed by atoms with van der Waals surface area (Å²) in [6.45, 7) is 3.15. The highest BCUT2D eigenvalue weighted by atomic mass is 35.5. The van der Waals surface area contributed by atoms with E-state index in [-0.39, 0.29) is 35.3 Å². The molecule has 31 heavy (non-hydrogen) atoms. The van der Waals surface area contributed by atoms with E-state index >= 15 is 0 Å². The third-order valence-corrected chi connectivity index (χ3v) is 6.62. The largest absolute Gasteiger partial charge is 0.411 e. The highest BCUT2D eigenvalue weighted by Crippen LogP contribution is 2.29. The molecule has 0 aromatic rings. The summed E-state index contributed by atoms with van der Waals surface area (Å²) < 4.78 is 44.0. The van der Waals surface area contributed by atoms with Gasteiger partial charge in [-0.15, -0.1) is 0 Å². The molecule has 6 nitrogen and oxygen atoms in total. The first-order valence-electron chi connectivity index (χ1n) is 9.84. The highest BCUT2D eigenvalue weighted by Gasteiger charge is 2.40. The number of aliphatic imine (C=N–C) groups is 2. The number of carbonyl (C=O) groups excluding carboxylic acids is 1. The van der Waals surface area contributed by atoms with Gasteiger partial charge in [0.2, 0.25) is 5.91 Å². The zero-order valence-electron chi connectivity index (χ0n) is 16.6. The average molecular weight is 499 g/mol. The van der Waals surface area contributed by atoms with E-state index in [4.69, 9.17) is 27.9 Å². The maximum absolute atomic E-state index is 12.8. The summed E-state index contributed by atoms with van der Waals surface area (Å²) in [5, 5.41) is 3.89. The van der Waals surface area contributed by atoms with Gasteiger partial charge >= 0.3 is 6.18 Å². The topological polar surface area (TPSA) is 66.3 Å². The van der Waals surface area contributed by atoms with Crippen LogP contribution in [-0.2, 0) is 9.53 Å². The number of amidine groups is 1. The van der Waals surface area contributed by atoms with Crippen LogP contribution < -0.4 is 5.32 Å². The van der Waals surface area contributed by atoms with Crippen LogP contribution in [0.25, 0.3) is 0 Å². The number of ether oxygens (including phenoxy) is 1. The van der Waals surface area contributed by atoms with E-state index in [0.29, 0.717) is 29.8 Å². The van der Waals surface area contributed by atoms with Gasteiger partial charge in [0.15, 0.2) is 11.2 Å². The molecular formula is C19H23Cl2F3N4O2S. The zero-order valence-corrected chi connectivity index (χ0v) is 18.9. The lowest BCUT2D eigenvalue weighted by Crippen LogP contribution is -2.48. The van der Waals surface area contributed by atoms with Crippen molar-refractivity contribution in [3.8, 4) is 0 Å². The fraction of sp³-hybridized carbons (Fsp3) is 0.632. The van der Waals surface area contributed by atoms with Crippen molar-refractivity contribution in [1.29, 1.82) is 0 Å². The maximum Gasteiger partial charge on any atom is 0.411 e. The second kappa shape index (κ2) is 11.2. The molecule has 0 saturated carbocycles. The number of thioether (sulfide) groups is 1. The molecular weight excluding hydrogens is 476 g/mol. The molecule has 0 aromatic carbocycles. The van der Waals surface area contributed by atoms with E-state index in [0.717, 1.165) is 31.3 Å². The number of nitrogens with zero attached hydrogens (tertiary/aromatic N) is 3. The van der Waals surface area contributed by atoms with Crippen molar-refractivity contribution in [2.45, 2.75) is 31.2 Å². The molecule has 2 unspecified atom stereocenters. The van der Waals surface area contributed by atoms with Gasteiger partial charge in [0.1, 0.15) is 0 Å². The first-order valence-corrected chi connectivity index (χ1v) is 11.6. The van der Waals surface area contributed by atoms with E-state index in [1.54, 1.807) is 0 Å². The Morgan fingerprint density at radius 1 is 1.32 bits per heavy atom. The summed E-state index contributed by atoms with van der Waals surface area (Å²) >= 11 is 13.0. The summed E-state index contributed by atoms with van der Waals surface area (Å²) in [7, 11) is 0. The number of alkyl halides is 3. The van der Waals surface area contributed by atoms with Crippen LogP contribution in [0.15, 0.2) is 32.2 Å². The molecule has 0 bridgehead atoms. The minimum absolute atomic E-state index is 0.0304. The summed E-state index contributed by atoms with van der Waals surface area (Å²) in [6, 6.07) is -1.79. The van der Waals surface area contributed by atoms with E-state index in [1.165, 1.54) is 6.21 Å². The van der Waals surface area contributed by atoms with Gasteiger partial charge in [0.05, 0.1) is 28.5 Å². The predicted molar refractivity (Wildman–Crippen MR) is 118 cm³/mol. The number of allylic oxidation sites excluding steroid dienone is 3. The number of rotatable bonds is 6. The Morgan fingerprint density at radius 3 is 2.87 bits per heavy atom. The molecule has 3 aliphatic rings. The predicted octanol–water partition coefficient (Wildman–Crippen LogP) is 3.56. The molecule has 2 aliphatic heterocycles. The van der Waals surface area contributed by atoms with E-state index in [2.05, 4.69) is 20.2 Å². The Morgan fingerprint density at radius 2 is 2.13 bits per heavy atom. The van der Waals surface area contributed by atoms with Gasteiger partial charge in [-0.1, -0.05) is 47.1 Å². The zero-order chi connectivity index (χ0) is 22.4. The van der Waals surface area contributed by atoms with Crippen LogP contribution in [0.1, 0.15) is 12.8 Å². The van der Waals surface area contributed by atoms with Crippen molar-refractivity contribution in [3.05, 3.63) is 22.2 Å². The van der Waals surface area contributed by atoms with Crippen molar-refractivity contribution in [2.24, 2.45) is 15.9 Å². The van der Waals surface area contributed by atoms with Crippen LogP contribution in [0.4, 0.5) is 13.2 Å². The molecule has 0 radical (unpaired) electrons. The Labute approximate surface area is 193 Å². The fourth-order valence-corrected chi connectivity index (χ4v) is 4.50. The van der Waals surface area contributed by atoms with Crippen LogP contribution in [0.2, 0.25) is 0 Å². The maximum atomic E-state index is 12.8. The molecule has 3 rings (SSSR count). The molecule has 1 aliphatic carbocycles. The summed E-state index contributed by atoms with van der Waals surface area (Å²) in [4.78, 5) is 21.8. The fourth-order valence-electron chi connectivity index (χ4n) is 3.38. The van der Waals surface area contributed by atoms with Crippen LogP contribution in [0.3, 0.4) is 0 Å². The van der Waals surface area contributed by atoms with Crippen molar-refractivity contribution in [3.63, 3.8) is 0 Å². The standard InChI is InChI=1S/C19H23Cl2F3N4O2S/c20-14-2-1-12(7-15(14)21)9-28-5-6-30-13(10-28)8-26-17(29)11-31-18-25-4-3-16(27-18)19(22,23)24/h2,4,7,12-13,16H,1,3,5-6,8-11H2,(H,26,29)/t12?,13-,16?/m0/s1. The number of halogens is 5. The summed E-state index contributed by atoms with van der Waals surface area (Å²) in [5.41, 5.74) is 0. The minimum Gasteiger partial charge on any atom is -0.374 e. The lowest BCUT2D eigenvalue weighted by atomic mass is 9.99. The summed E-state index contributed by atoms with van der Waals surface area (Å²) in [5.74, 6) is -0.0908. The molecule has 1 saturated heterocycles. The third kappa shape index (κ3) is 7.78. The second-order valence-corrected chi connectivity index (χ2v) is 9.18. The van der Waals surface area contributed by atoms with Gasteiger partial charge in [-0.25, -0.2) is 9.98 Å². The molecule has 0 aromatic heterocycles. The quantitative estimate of drug-likeness (QED) is 0.607. The Balaban J connectivity index is 1.38. The molecule has 1 fully saturated rings. The van der Waals surface area contributed by atoms with Crippen LogP contribution >= 0.6 is 35.0 Å². The Hall–Kier alpha value is -1.07. The van der Waals surface area contributed by atoms with Crippen molar-refractivity contribution >= 4 is 52.3 Å². The third-order valence-electron chi connectivity index (χ3n) is 4.96. The molecule has 0 spiro atoms. The van der Waals surface area contributed by atoms with Crippen LogP contribution in [-0.4, -0.2) is 79.1 Å². The highest BCUT2D eigenvalue weighted by molar-refractivity contribution is 8.14. The van der Waals surface area contributed by atoms with Crippen molar-refractivity contribution in [1.82, 2.24) is 10.2 Å². The van der Waals surface area contributed by atoms with E-state index < -0.39 is 12.2 Å². The minimum atomic E-state index is -4.41. The molecule has 3 atom stereocenters. The summed E-state index contributed by atoms with van der Waals surface area (Å²) in [6.07, 6.45) is 1.05. The number of morpholine rings is 1. The lowest BCUT2D eigenvalue weighted by Gasteiger charge is -2.35. The monoisotopic (exact) mass is 498 g/mol. The van der Waals surface area contributed by atoms with Gasteiger partial charge < -0.3 is 10.1 Å². The van der Waals surface area contributed by atoms with Gasteiger partial charge in [-0.05, 0) is 12.3 Å². The number of hydrogen-bond donors (Lipinski definition) is 1. The van der Waals surface area contributed by atoms with E-state index in [9.17, 15) is 18.0 Å². The smallest absolute Gasteiger partial charge is 0.374 e. The van der Waals surface area contributed by atoms with Crippen molar-refractivity contribution < 1.29 is 22.7 Å². The molecule has 172 valence electrons. The van der Waals surface area contributed by atoms with Crippen molar-refractivity contribution in [2.75, 3.05) is 38.5 Å². The number of amides is 1. The van der Waals surface area contributed by atoms with Gasteiger partial charge in [0, 0.05) is 38.8 Å². The molecule has 1 N–H and O–H groups in total. The van der Waals surface area contributed by atoms with Crippen LogP contribution in [0.5, 0.6) is 0 Å². The Kier molecular flexibility index (Phi) is 8.86. The first kappa shape index (κ1) is 24.6. The second-order valence-electron chi connectivity index (χ2n) is 7.42. The molecule has 2 heterocycles. The lowest BCUT2D eigenvalue weighted by molar-refractivity contribution is -0.145. The van der Waals surface area contributed by atoms with Gasteiger partial charge in [-0.3, -0.25) is 9.69 Å². The van der Waals surface area contributed by atoms with E-state index in [1.807, 2.05) is 12.2 Å². The molecule has 12 heteroatoms.